The number of carbonyl (C=O) groups is 1. The van der Waals surface area contributed by atoms with Crippen LogP contribution in [0.3, 0.4) is 0 Å². The van der Waals surface area contributed by atoms with E-state index in [1.165, 1.54) is 30.3 Å². The second-order valence-corrected chi connectivity index (χ2v) is 9.97. The van der Waals surface area contributed by atoms with Gasteiger partial charge < -0.3 is 10.5 Å². The fourth-order valence-corrected chi connectivity index (χ4v) is 4.71. The van der Waals surface area contributed by atoms with Gasteiger partial charge in [0.1, 0.15) is 28.8 Å². The van der Waals surface area contributed by atoms with Gasteiger partial charge in [0.05, 0.1) is 5.69 Å². The minimum absolute atomic E-state index is 0.0219. The molecular formula is C26H22F2N4O4S. The molecule has 0 aliphatic rings. The molecule has 2 aromatic heterocycles. The molecule has 0 fully saturated rings. The van der Waals surface area contributed by atoms with E-state index in [0.29, 0.717) is 5.75 Å². The van der Waals surface area contributed by atoms with Crippen molar-refractivity contribution in [1.82, 2.24) is 14.7 Å². The Hall–Kier alpha value is -4.38. The van der Waals surface area contributed by atoms with Gasteiger partial charge in [-0.25, -0.2) is 23.5 Å². The molecule has 37 heavy (non-hydrogen) atoms. The Bertz CT molecular complexity index is 1620. The van der Waals surface area contributed by atoms with Crippen LogP contribution in [-0.2, 0) is 10.0 Å². The quantitative estimate of drug-likeness (QED) is 0.370. The summed E-state index contributed by atoms with van der Waals surface area (Å²) in [5.41, 5.74) is 7.55. The number of nitrogens with one attached hydrogen (secondary N) is 1. The number of amides is 1. The van der Waals surface area contributed by atoms with Gasteiger partial charge >= 0.3 is 0 Å². The van der Waals surface area contributed by atoms with Gasteiger partial charge in [0.25, 0.3) is 15.9 Å². The summed E-state index contributed by atoms with van der Waals surface area (Å²) >= 11 is 0. The topological polar surface area (TPSA) is 124 Å². The number of carbonyl (C=O) groups excluding carboxylic acids is 1. The second kappa shape index (κ2) is 9.94. The Balaban J connectivity index is 1.81. The second-order valence-electron chi connectivity index (χ2n) is 8.34. The fraction of sp³-hybridized carbons (Fsp3) is 0.115. The van der Waals surface area contributed by atoms with Crippen molar-refractivity contribution >= 4 is 21.7 Å². The van der Waals surface area contributed by atoms with Crippen LogP contribution in [0, 0.1) is 32.4 Å². The molecule has 2 aromatic carbocycles. The zero-order valence-electron chi connectivity index (χ0n) is 20.0. The molecule has 4 aromatic rings. The van der Waals surface area contributed by atoms with Gasteiger partial charge in [0.15, 0.2) is 5.03 Å². The van der Waals surface area contributed by atoms with Gasteiger partial charge in [0.2, 0.25) is 5.88 Å². The number of nitrogens with two attached hydrogens (primary N) is 1. The van der Waals surface area contributed by atoms with Crippen molar-refractivity contribution in [1.29, 1.82) is 0 Å². The van der Waals surface area contributed by atoms with Crippen LogP contribution in [0.15, 0.2) is 65.7 Å². The third-order valence-electron chi connectivity index (χ3n) is 5.36. The number of hydrogen-bond donors (Lipinski definition) is 2. The number of nitrogen functional groups attached to an aromatic ring is 1. The SMILES string of the molecule is Cc1cc(C)c(Oc2nc(-c3cc(F)ccc3F)ccc2C(=O)NS(=O)(=O)c2cccc(N)n2)c(C)c1. The molecule has 1 amide bonds. The maximum Gasteiger partial charge on any atom is 0.281 e. The molecule has 8 nitrogen and oxygen atoms in total. The van der Waals surface area contributed by atoms with Gasteiger partial charge in [-0.3, -0.25) is 4.79 Å². The fourth-order valence-electron chi connectivity index (χ4n) is 3.77. The minimum Gasteiger partial charge on any atom is -0.438 e. The highest BCUT2D eigenvalue weighted by molar-refractivity contribution is 7.90. The highest BCUT2D eigenvalue weighted by atomic mass is 32.2. The zero-order chi connectivity index (χ0) is 26.9. The molecule has 0 saturated heterocycles. The molecule has 0 aliphatic heterocycles. The Morgan fingerprint density at radius 2 is 1.65 bits per heavy atom. The highest BCUT2D eigenvalue weighted by Gasteiger charge is 2.25. The van der Waals surface area contributed by atoms with Crippen LogP contribution in [0.5, 0.6) is 11.6 Å². The molecule has 4 rings (SSSR count). The third-order valence-corrected chi connectivity index (χ3v) is 6.59. The monoisotopic (exact) mass is 524 g/mol. The molecule has 0 aliphatic carbocycles. The van der Waals surface area contributed by atoms with E-state index in [9.17, 15) is 22.0 Å². The van der Waals surface area contributed by atoms with E-state index in [1.54, 1.807) is 13.8 Å². The van der Waals surface area contributed by atoms with Crippen molar-refractivity contribution in [2.24, 2.45) is 0 Å². The normalized spacial score (nSPS) is 11.3. The first-order chi connectivity index (χ1) is 17.4. The first-order valence-corrected chi connectivity index (χ1v) is 12.4. The molecule has 3 N–H and O–H groups in total. The molecular weight excluding hydrogens is 502 g/mol. The van der Waals surface area contributed by atoms with Gasteiger partial charge in [-0.15, -0.1) is 0 Å². The zero-order valence-corrected chi connectivity index (χ0v) is 20.9. The van der Waals surface area contributed by atoms with Crippen LogP contribution < -0.4 is 15.2 Å². The molecule has 11 heteroatoms. The molecule has 0 saturated carbocycles. The number of anilines is 1. The molecule has 0 spiro atoms. The molecule has 0 unspecified atom stereocenters. The lowest BCUT2D eigenvalue weighted by Crippen LogP contribution is -2.31. The van der Waals surface area contributed by atoms with Crippen molar-refractivity contribution in [3.63, 3.8) is 0 Å². The Kier molecular flexibility index (Phi) is 6.90. The van der Waals surface area contributed by atoms with Gasteiger partial charge in [-0.2, -0.15) is 8.42 Å². The van der Waals surface area contributed by atoms with Crippen LogP contribution in [0.2, 0.25) is 0 Å². The van der Waals surface area contributed by atoms with Crippen molar-refractivity contribution in [2.45, 2.75) is 25.8 Å². The van der Waals surface area contributed by atoms with Crippen LogP contribution in [0.4, 0.5) is 14.6 Å². The standard InChI is InChI=1S/C26H22F2N4O4S/c1-14-11-15(2)24(16(3)12-14)36-26-18(8-10-21(30-26)19-13-17(27)7-9-20(19)28)25(33)32-37(34,35)23-6-4-5-22(29)31-23/h4-13H,1-3H3,(H2,29,31)(H,32,33). The first-order valence-electron chi connectivity index (χ1n) is 11.0. The number of hydrogen-bond acceptors (Lipinski definition) is 7. The van der Waals surface area contributed by atoms with E-state index in [4.69, 9.17) is 10.5 Å². The van der Waals surface area contributed by atoms with Crippen molar-refractivity contribution in [2.75, 3.05) is 5.73 Å². The lowest BCUT2D eigenvalue weighted by molar-refractivity contribution is 0.0978. The van der Waals surface area contributed by atoms with E-state index in [0.717, 1.165) is 34.9 Å². The largest absolute Gasteiger partial charge is 0.438 e. The maximum absolute atomic E-state index is 14.5. The van der Waals surface area contributed by atoms with Gasteiger partial charge in [0, 0.05) is 5.56 Å². The third kappa shape index (κ3) is 5.56. The Morgan fingerprint density at radius 3 is 2.32 bits per heavy atom. The number of benzene rings is 2. The number of aryl methyl sites for hydroxylation is 3. The lowest BCUT2D eigenvalue weighted by Gasteiger charge is -2.16. The Labute approximate surface area is 212 Å². The van der Waals surface area contributed by atoms with E-state index in [1.807, 2.05) is 23.8 Å². The van der Waals surface area contributed by atoms with Gasteiger partial charge in [-0.05, 0) is 74.4 Å². The first kappa shape index (κ1) is 25.7. The highest BCUT2D eigenvalue weighted by Crippen LogP contribution is 2.33. The van der Waals surface area contributed by atoms with Crippen LogP contribution in [0.1, 0.15) is 27.0 Å². The lowest BCUT2D eigenvalue weighted by atomic mass is 10.1. The predicted molar refractivity (Wildman–Crippen MR) is 134 cm³/mol. The molecule has 0 bridgehead atoms. The number of rotatable bonds is 6. The molecule has 190 valence electrons. The van der Waals surface area contributed by atoms with Crippen molar-refractivity contribution in [3.05, 3.63) is 94.6 Å². The average Bonchev–Trinajstić information content (AvgIpc) is 2.82. The van der Waals surface area contributed by atoms with Gasteiger partial charge in [-0.1, -0.05) is 23.8 Å². The summed E-state index contributed by atoms with van der Waals surface area (Å²) in [6.07, 6.45) is 0. The van der Waals surface area contributed by atoms with Crippen molar-refractivity contribution < 1.29 is 26.7 Å². The van der Waals surface area contributed by atoms with Crippen LogP contribution >= 0.6 is 0 Å². The summed E-state index contributed by atoms with van der Waals surface area (Å²) in [5, 5.41) is -0.458. The predicted octanol–water partition coefficient (Wildman–Crippen LogP) is 4.84. The average molecular weight is 525 g/mol. The molecule has 0 radical (unpaired) electrons. The summed E-state index contributed by atoms with van der Waals surface area (Å²) in [6, 6.07) is 13.0. The Morgan fingerprint density at radius 1 is 0.946 bits per heavy atom. The molecule has 0 atom stereocenters. The maximum atomic E-state index is 14.5. The van der Waals surface area contributed by atoms with Crippen LogP contribution in [0.25, 0.3) is 11.3 Å². The summed E-state index contributed by atoms with van der Waals surface area (Å²) in [5.74, 6) is -2.47. The summed E-state index contributed by atoms with van der Waals surface area (Å²) in [6.45, 7) is 5.49. The summed E-state index contributed by atoms with van der Waals surface area (Å²) in [7, 11) is -4.40. The van der Waals surface area contributed by atoms with E-state index in [2.05, 4.69) is 9.97 Å². The number of aromatic nitrogens is 2. The van der Waals surface area contributed by atoms with E-state index >= 15 is 0 Å². The summed E-state index contributed by atoms with van der Waals surface area (Å²) in [4.78, 5) is 21.1. The number of nitrogens with zero attached hydrogens (tertiary/aromatic N) is 2. The van der Waals surface area contributed by atoms with Crippen LogP contribution in [-0.4, -0.2) is 24.3 Å². The number of sulfonamides is 1. The molecule has 2 heterocycles. The number of pyridine rings is 2. The van der Waals surface area contributed by atoms with E-state index < -0.39 is 32.6 Å². The number of halogens is 2. The summed E-state index contributed by atoms with van der Waals surface area (Å²) < 4.78 is 61.7. The smallest absolute Gasteiger partial charge is 0.281 e. The number of ether oxygens (including phenoxy) is 1. The van der Waals surface area contributed by atoms with Crippen molar-refractivity contribution in [3.8, 4) is 22.9 Å². The minimum atomic E-state index is -4.40. The van der Waals surface area contributed by atoms with E-state index in [-0.39, 0.29) is 28.5 Å².